The molecule has 130 valence electrons. The van der Waals surface area contributed by atoms with Gasteiger partial charge in [0.25, 0.3) is 5.91 Å². The molecule has 1 amide bonds. The van der Waals surface area contributed by atoms with Crippen LogP contribution < -0.4 is 10.1 Å². The van der Waals surface area contributed by atoms with E-state index in [1.165, 1.54) is 4.68 Å². The molecule has 0 bridgehead atoms. The van der Waals surface area contributed by atoms with Crippen molar-refractivity contribution in [2.24, 2.45) is 0 Å². The smallest absolute Gasteiger partial charge is 0.276 e. The van der Waals surface area contributed by atoms with E-state index in [9.17, 15) is 4.79 Å². The zero-order valence-corrected chi connectivity index (χ0v) is 14.7. The normalized spacial score (nSPS) is 10.7. The van der Waals surface area contributed by atoms with E-state index in [-0.39, 0.29) is 12.6 Å². The molecule has 0 aliphatic rings. The average molecular weight is 360 g/mol. The molecule has 2 aromatic heterocycles. The first-order valence-electron chi connectivity index (χ1n) is 7.83. The number of para-hydroxylation sites is 1. The van der Waals surface area contributed by atoms with Crippen molar-refractivity contribution in [3.63, 3.8) is 0 Å². The molecule has 3 aromatic rings. The molecule has 0 saturated heterocycles. The Balaban J connectivity index is 1.63. The topological polar surface area (TPSA) is 74.0 Å². The molecule has 0 radical (unpaired) electrons. The molecule has 1 N–H and O–H groups in total. The van der Waals surface area contributed by atoms with E-state index in [1.807, 2.05) is 30.7 Å². The highest BCUT2D eigenvalue weighted by Gasteiger charge is 2.13. The maximum absolute atomic E-state index is 12.3. The number of carbonyl (C=O) groups is 1. The molecule has 7 nitrogen and oxygen atoms in total. The van der Waals surface area contributed by atoms with Gasteiger partial charge in [0.2, 0.25) is 0 Å². The van der Waals surface area contributed by atoms with E-state index in [0.717, 1.165) is 12.2 Å². The second-order valence-electron chi connectivity index (χ2n) is 5.36. The number of anilines is 1. The summed E-state index contributed by atoms with van der Waals surface area (Å²) in [5, 5.41) is 11.8. The highest BCUT2D eigenvalue weighted by atomic mass is 35.5. The van der Waals surface area contributed by atoms with Crippen molar-refractivity contribution in [1.82, 2.24) is 19.6 Å². The van der Waals surface area contributed by atoms with Gasteiger partial charge in [0, 0.05) is 12.7 Å². The van der Waals surface area contributed by atoms with Crippen LogP contribution in [-0.4, -0.2) is 25.5 Å². The van der Waals surface area contributed by atoms with E-state index in [0.29, 0.717) is 22.2 Å². The van der Waals surface area contributed by atoms with Crippen LogP contribution in [0.3, 0.4) is 0 Å². The Morgan fingerprint density at radius 1 is 1.32 bits per heavy atom. The van der Waals surface area contributed by atoms with E-state index in [2.05, 4.69) is 15.5 Å². The Kier molecular flexibility index (Phi) is 5.04. The third-order valence-electron chi connectivity index (χ3n) is 3.71. The van der Waals surface area contributed by atoms with Gasteiger partial charge in [-0.05, 0) is 32.0 Å². The summed E-state index contributed by atoms with van der Waals surface area (Å²) in [4.78, 5) is 12.3. The predicted molar refractivity (Wildman–Crippen MR) is 94.9 cm³/mol. The van der Waals surface area contributed by atoms with E-state index in [1.54, 1.807) is 30.6 Å². The fourth-order valence-electron chi connectivity index (χ4n) is 2.33. The maximum atomic E-state index is 12.3. The minimum absolute atomic E-state index is 0.157. The molecule has 0 unspecified atom stereocenters. The molecule has 0 aliphatic carbocycles. The van der Waals surface area contributed by atoms with Gasteiger partial charge in [0.05, 0.1) is 22.6 Å². The Labute approximate surface area is 150 Å². The average Bonchev–Trinajstić information content (AvgIpc) is 3.22. The predicted octanol–water partition coefficient (Wildman–Crippen LogP) is 3.35. The number of nitrogens with one attached hydrogen (secondary N) is 1. The number of carbonyl (C=O) groups excluding carboxylic acids is 1. The fourth-order valence-corrected chi connectivity index (χ4v) is 2.52. The van der Waals surface area contributed by atoms with Crippen LogP contribution in [0, 0.1) is 6.92 Å². The molecule has 0 atom stereocenters. The van der Waals surface area contributed by atoms with Crippen molar-refractivity contribution in [1.29, 1.82) is 0 Å². The summed E-state index contributed by atoms with van der Waals surface area (Å²) in [5.41, 5.74) is 1.87. The number of nitrogens with zero attached hydrogens (tertiary/aromatic N) is 4. The van der Waals surface area contributed by atoms with Gasteiger partial charge >= 0.3 is 0 Å². The standard InChI is InChI=1S/C17H18ClN5O2/c1-3-23-12(2)15(10-19-23)20-17(24)14-8-9-22(21-14)11-25-16-7-5-4-6-13(16)18/h4-10H,3,11H2,1-2H3,(H,20,24). The van der Waals surface area contributed by atoms with Crippen molar-refractivity contribution < 1.29 is 9.53 Å². The van der Waals surface area contributed by atoms with E-state index < -0.39 is 0 Å². The van der Waals surface area contributed by atoms with Crippen molar-refractivity contribution in [3.05, 3.63) is 59.1 Å². The quantitative estimate of drug-likeness (QED) is 0.732. The summed E-state index contributed by atoms with van der Waals surface area (Å²) in [6.07, 6.45) is 3.31. The van der Waals surface area contributed by atoms with Crippen LogP contribution in [0.1, 0.15) is 23.1 Å². The number of ether oxygens (including phenoxy) is 1. The second-order valence-corrected chi connectivity index (χ2v) is 5.77. The lowest BCUT2D eigenvalue weighted by atomic mass is 10.3. The number of amides is 1. The molecule has 0 fully saturated rings. The lowest BCUT2D eigenvalue weighted by Gasteiger charge is -2.07. The first kappa shape index (κ1) is 17.0. The zero-order chi connectivity index (χ0) is 17.8. The van der Waals surface area contributed by atoms with Crippen molar-refractivity contribution in [2.75, 3.05) is 5.32 Å². The molecule has 0 saturated carbocycles. The molecular formula is C17H18ClN5O2. The van der Waals surface area contributed by atoms with Crippen LogP contribution in [-0.2, 0) is 13.3 Å². The first-order chi connectivity index (χ1) is 12.1. The van der Waals surface area contributed by atoms with Gasteiger partial charge in [0.15, 0.2) is 12.4 Å². The number of hydrogen-bond acceptors (Lipinski definition) is 4. The molecule has 25 heavy (non-hydrogen) atoms. The van der Waals surface area contributed by atoms with Crippen molar-refractivity contribution >= 4 is 23.2 Å². The highest BCUT2D eigenvalue weighted by Crippen LogP contribution is 2.23. The van der Waals surface area contributed by atoms with Gasteiger partial charge in [-0.2, -0.15) is 10.2 Å². The molecule has 0 spiro atoms. The lowest BCUT2D eigenvalue weighted by molar-refractivity contribution is 0.102. The summed E-state index contributed by atoms with van der Waals surface area (Å²) in [7, 11) is 0. The summed E-state index contributed by atoms with van der Waals surface area (Å²) in [5.74, 6) is 0.267. The van der Waals surface area contributed by atoms with Crippen LogP contribution >= 0.6 is 11.6 Å². The molecule has 0 aliphatic heterocycles. The summed E-state index contributed by atoms with van der Waals surface area (Å²) < 4.78 is 8.93. The Hall–Kier alpha value is -2.80. The van der Waals surface area contributed by atoms with Crippen LogP contribution in [0.5, 0.6) is 5.75 Å². The maximum Gasteiger partial charge on any atom is 0.276 e. The number of hydrogen-bond donors (Lipinski definition) is 1. The number of halogens is 1. The first-order valence-corrected chi connectivity index (χ1v) is 8.21. The van der Waals surface area contributed by atoms with Gasteiger partial charge in [0.1, 0.15) is 5.75 Å². The molecule has 2 heterocycles. The Bertz CT molecular complexity index is 887. The molecular weight excluding hydrogens is 342 g/mol. The molecule has 8 heteroatoms. The monoisotopic (exact) mass is 359 g/mol. The molecule has 1 aromatic carbocycles. The van der Waals surface area contributed by atoms with Gasteiger partial charge in [-0.25, -0.2) is 4.68 Å². The number of benzene rings is 1. The minimum Gasteiger partial charge on any atom is -0.470 e. The largest absolute Gasteiger partial charge is 0.470 e. The highest BCUT2D eigenvalue weighted by molar-refractivity contribution is 6.32. The third kappa shape index (κ3) is 3.83. The molecule has 3 rings (SSSR count). The van der Waals surface area contributed by atoms with Crippen LogP contribution in [0.15, 0.2) is 42.7 Å². The Morgan fingerprint density at radius 2 is 2.12 bits per heavy atom. The second kappa shape index (κ2) is 7.40. The minimum atomic E-state index is -0.296. The van der Waals surface area contributed by atoms with Gasteiger partial charge in [-0.15, -0.1) is 0 Å². The number of rotatable bonds is 6. The lowest BCUT2D eigenvalue weighted by Crippen LogP contribution is -2.15. The third-order valence-corrected chi connectivity index (χ3v) is 4.03. The van der Waals surface area contributed by atoms with Gasteiger partial charge in [-0.1, -0.05) is 23.7 Å². The summed E-state index contributed by atoms with van der Waals surface area (Å²) in [6, 6.07) is 8.81. The van der Waals surface area contributed by atoms with Crippen LogP contribution in [0.2, 0.25) is 5.02 Å². The SMILES string of the molecule is CCn1ncc(NC(=O)c2ccn(COc3ccccc3Cl)n2)c1C. The van der Waals surface area contributed by atoms with E-state index >= 15 is 0 Å². The van der Waals surface area contributed by atoms with Gasteiger partial charge < -0.3 is 10.1 Å². The van der Waals surface area contributed by atoms with Crippen molar-refractivity contribution in [3.8, 4) is 5.75 Å². The van der Waals surface area contributed by atoms with Gasteiger partial charge in [-0.3, -0.25) is 9.48 Å². The Morgan fingerprint density at radius 3 is 2.84 bits per heavy atom. The number of aryl methyl sites for hydroxylation is 1. The zero-order valence-electron chi connectivity index (χ0n) is 13.9. The van der Waals surface area contributed by atoms with Crippen molar-refractivity contribution in [2.45, 2.75) is 27.1 Å². The van der Waals surface area contributed by atoms with Crippen LogP contribution in [0.4, 0.5) is 5.69 Å². The van der Waals surface area contributed by atoms with Crippen LogP contribution in [0.25, 0.3) is 0 Å². The number of aromatic nitrogens is 4. The summed E-state index contributed by atoms with van der Waals surface area (Å²) >= 11 is 6.04. The van der Waals surface area contributed by atoms with E-state index in [4.69, 9.17) is 16.3 Å². The fraction of sp³-hybridized carbons (Fsp3) is 0.235. The summed E-state index contributed by atoms with van der Waals surface area (Å²) in [6.45, 7) is 4.80.